The first-order valence-electron chi connectivity index (χ1n) is 4.71. The third-order valence-corrected chi connectivity index (χ3v) is 2.59. The minimum absolute atomic E-state index is 0.167. The molecule has 0 fully saturated rings. The van der Waals surface area contributed by atoms with Gasteiger partial charge < -0.3 is 4.74 Å². The monoisotopic (exact) mass is 192 g/mol. The molecule has 0 bridgehead atoms. The van der Waals surface area contributed by atoms with E-state index >= 15 is 0 Å². The Balaban J connectivity index is 3.78. The molecule has 0 heterocycles. The smallest absolute Gasteiger partial charge is 0.0534 e. The van der Waals surface area contributed by atoms with Crippen LogP contribution in [0.3, 0.4) is 0 Å². The maximum atomic E-state index is 5.89. The van der Waals surface area contributed by atoms with E-state index in [1.165, 1.54) is 6.42 Å². The molecule has 12 heavy (non-hydrogen) atoms. The third kappa shape index (κ3) is 5.00. The van der Waals surface area contributed by atoms with Gasteiger partial charge in [-0.3, -0.25) is 0 Å². The van der Waals surface area contributed by atoms with E-state index in [1.807, 2.05) is 0 Å². The molecule has 0 aliphatic rings. The Morgan fingerprint density at radius 2 is 2.00 bits per heavy atom. The van der Waals surface area contributed by atoms with Gasteiger partial charge in [-0.05, 0) is 20.3 Å². The number of rotatable bonds is 6. The molecule has 0 aromatic heterocycles. The van der Waals surface area contributed by atoms with Gasteiger partial charge >= 0.3 is 0 Å². The first-order chi connectivity index (χ1) is 5.54. The van der Waals surface area contributed by atoms with Gasteiger partial charge in [0, 0.05) is 11.3 Å². The quantitative estimate of drug-likeness (QED) is 0.586. The maximum absolute atomic E-state index is 5.89. The lowest BCUT2D eigenvalue weighted by Crippen LogP contribution is -2.26. The van der Waals surface area contributed by atoms with Crippen LogP contribution in [0.25, 0.3) is 0 Å². The molecule has 0 radical (unpaired) electrons. The first-order valence-corrected chi connectivity index (χ1v) is 5.25. The average molecular weight is 193 g/mol. The summed E-state index contributed by atoms with van der Waals surface area (Å²) in [5, 5.41) is 0. The van der Waals surface area contributed by atoms with E-state index in [1.54, 1.807) is 0 Å². The van der Waals surface area contributed by atoms with Crippen LogP contribution in [0.15, 0.2) is 0 Å². The summed E-state index contributed by atoms with van der Waals surface area (Å²) in [5.41, 5.74) is 0.167. The van der Waals surface area contributed by atoms with E-state index in [0.29, 0.717) is 12.0 Å². The number of alkyl halides is 1. The van der Waals surface area contributed by atoms with Crippen molar-refractivity contribution in [1.82, 2.24) is 0 Å². The minimum atomic E-state index is 0.167. The largest absolute Gasteiger partial charge is 0.378 e. The predicted molar refractivity (Wildman–Crippen MR) is 54.8 cm³/mol. The number of halogens is 1. The number of ether oxygens (including phenoxy) is 1. The molecule has 0 aliphatic carbocycles. The zero-order chi connectivity index (χ0) is 9.61. The molecule has 0 aromatic rings. The summed E-state index contributed by atoms with van der Waals surface area (Å²) in [6.45, 7) is 9.26. The molecule has 1 unspecified atom stereocenters. The van der Waals surface area contributed by atoms with Crippen LogP contribution in [-0.4, -0.2) is 18.6 Å². The molecule has 0 saturated carbocycles. The fourth-order valence-corrected chi connectivity index (χ4v) is 1.36. The maximum Gasteiger partial charge on any atom is 0.0534 e. The highest BCUT2D eigenvalue weighted by atomic mass is 35.5. The van der Waals surface area contributed by atoms with Crippen molar-refractivity contribution in [1.29, 1.82) is 0 Å². The van der Waals surface area contributed by atoms with Crippen molar-refractivity contribution in [3.8, 4) is 0 Å². The molecular formula is C10H21ClO. The lowest BCUT2D eigenvalue weighted by molar-refractivity contribution is 0.0194. The van der Waals surface area contributed by atoms with Crippen molar-refractivity contribution in [2.45, 2.75) is 46.6 Å². The molecule has 0 rings (SSSR count). The topological polar surface area (TPSA) is 9.23 Å². The van der Waals surface area contributed by atoms with Crippen molar-refractivity contribution in [2.75, 3.05) is 12.5 Å². The lowest BCUT2D eigenvalue weighted by Gasteiger charge is -2.27. The van der Waals surface area contributed by atoms with Crippen LogP contribution < -0.4 is 0 Å². The Labute approximate surface area is 81.4 Å². The second kappa shape index (κ2) is 5.82. The average Bonchev–Trinajstić information content (AvgIpc) is 2.02. The van der Waals surface area contributed by atoms with E-state index in [0.717, 1.165) is 13.0 Å². The molecule has 0 amide bonds. The minimum Gasteiger partial charge on any atom is -0.378 e. The van der Waals surface area contributed by atoms with E-state index in [4.69, 9.17) is 16.3 Å². The van der Waals surface area contributed by atoms with Gasteiger partial charge in [0.2, 0.25) is 0 Å². The lowest BCUT2D eigenvalue weighted by atomic mass is 9.89. The van der Waals surface area contributed by atoms with Gasteiger partial charge in [-0.1, -0.05) is 20.3 Å². The summed E-state index contributed by atoms with van der Waals surface area (Å²) in [6, 6.07) is 0. The zero-order valence-corrected chi connectivity index (χ0v) is 9.45. The first kappa shape index (κ1) is 12.2. The number of hydrogen-bond donors (Lipinski definition) is 0. The van der Waals surface area contributed by atoms with E-state index < -0.39 is 0 Å². The molecule has 0 spiro atoms. The van der Waals surface area contributed by atoms with Gasteiger partial charge in [-0.25, -0.2) is 0 Å². The van der Waals surface area contributed by atoms with Crippen molar-refractivity contribution in [3.63, 3.8) is 0 Å². The van der Waals surface area contributed by atoms with Gasteiger partial charge in [0.15, 0.2) is 0 Å². The Hall–Kier alpha value is 0.250. The highest BCUT2D eigenvalue weighted by Gasteiger charge is 2.22. The summed E-state index contributed by atoms with van der Waals surface area (Å²) in [4.78, 5) is 0. The molecule has 74 valence electrons. The summed E-state index contributed by atoms with van der Waals surface area (Å²) < 4.78 is 5.57. The van der Waals surface area contributed by atoms with E-state index in [-0.39, 0.29) is 5.41 Å². The number of hydrogen-bond acceptors (Lipinski definition) is 1. The molecule has 2 heteroatoms. The summed E-state index contributed by atoms with van der Waals surface area (Å²) in [7, 11) is 0. The Bertz CT molecular complexity index is 114. The SMILES string of the molecule is CCCC(C)(CCl)COC(C)C. The molecule has 1 nitrogen and oxygen atoms in total. The molecular weight excluding hydrogens is 172 g/mol. The standard InChI is InChI=1S/C10H21ClO/c1-5-6-10(4,7-11)8-12-9(2)3/h9H,5-8H2,1-4H3. The van der Waals surface area contributed by atoms with Crippen LogP contribution in [0, 0.1) is 5.41 Å². The van der Waals surface area contributed by atoms with Crippen molar-refractivity contribution in [3.05, 3.63) is 0 Å². The summed E-state index contributed by atoms with van der Waals surface area (Å²) in [5.74, 6) is 0.688. The Morgan fingerprint density at radius 1 is 1.42 bits per heavy atom. The second-order valence-electron chi connectivity index (χ2n) is 4.05. The molecule has 0 N–H and O–H groups in total. The molecule has 0 saturated heterocycles. The highest BCUT2D eigenvalue weighted by molar-refractivity contribution is 6.18. The van der Waals surface area contributed by atoms with E-state index in [2.05, 4.69) is 27.7 Å². The Morgan fingerprint density at radius 3 is 2.33 bits per heavy atom. The Kier molecular flexibility index (Phi) is 5.94. The van der Waals surface area contributed by atoms with Crippen LogP contribution in [0.5, 0.6) is 0 Å². The van der Waals surface area contributed by atoms with Gasteiger partial charge in [0.25, 0.3) is 0 Å². The second-order valence-corrected chi connectivity index (χ2v) is 4.32. The molecule has 0 aliphatic heterocycles. The van der Waals surface area contributed by atoms with Gasteiger partial charge in [-0.2, -0.15) is 0 Å². The van der Waals surface area contributed by atoms with Crippen LogP contribution in [0.4, 0.5) is 0 Å². The van der Waals surface area contributed by atoms with Gasteiger partial charge in [-0.15, -0.1) is 11.6 Å². The van der Waals surface area contributed by atoms with Crippen LogP contribution in [0.1, 0.15) is 40.5 Å². The van der Waals surface area contributed by atoms with Gasteiger partial charge in [0.05, 0.1) is 12.7 Å². The van der Waals surface area contributed by atoms with Crippen molar-refractivity contribution < 1.29 is 4.74 Å². The van der Waals surface area contributed by atoms with Crippen LogP contribution in [0.2, 0.25) is 0 Å². The van der Waals surface area contributed by atoms with Crippen LogP contribution >= 0.6 is 11.6 Å². The fraction of sp³-hybridized carbons (Fsp3) is 1.00. The van der Waals surface area contributed by atoms with Crippen LogP contribution in [-0.2, 0) is 4.74 Å². The highest BCUT2D eigenvalue weighted by Crippen LogP contribution is 2.25. The fourth-order valence-electron chi connectivity index (χ4n) is 1.15. The zero-order valence-electron chi connectivity index (χ0n) is 8.69. The third-order valence-electron chi connectivity index (χ3n) is 1.94. The predicted octanol–water partition coefficient (Wildman–Crippen LogP) is 3.46. The summed E-state index contributed by atoms with van der Waals surface area (Å²) >= 11 is 5.89. The molecule has 1 atom stereocenters. The molecule has 0 aromatic carbocycles. The van der Waals surface area contributed by atoms with Gasteiger partial charge in [0.1, 0.15) is 0 Å². The van der Waals surface area contributed by atoms with E-state index in [9.17, 15) is 0 Å². The summed E-state index contributed by atoms with van der Waals surface area (Å²) in [6.07, 6.45) is 2.62. The van der Waals surface area contributed by atoms with Crippen molar-refractivity contribution >= 4 is 11.6 Å². The van der Waals surface area contributed by atoms with Crippen molar-refractivity contribution in [2.24, 2.45) is 5.41 Å². The normalized spacial score (nSPS) is 16.5.